The van der Waals surface area contributed by atoms with Crippen molar-refractivity contribution >= 4 is 29.7 Å². The van der Waals surface area contributed by atoms with Gasteiger partial charge in [0.05, 0.1) is 6.61 Å². The van der Waals surface area contributed by atoms with E-state index in [9.17, 15) is 24.0 Å². The Labute approximate surface area is 101 Å². The van der Waals surface area contributed by atoms with Gasteiger partial charge < -0.3 is 10.1 Å². The lowest BCUT2D eigenvalue weighted by Gasteiger charge is -2.19. The van der Waals surface area contributed by atoms with Crippen LogP contribution in [0.4, 0.5) is 4.79 Å². The van der Waals surface area contributed by atoms with Crippen molar-refractivity contribution in [3.05, 3.63) is 0 Å². The molecule has 0 aromatic carbocycles. The summed E-state index contributed by atoms with van der Waals surface area (Å²) in [5, 5.41) is 5.60. The van der Waals surface area contributed by atoms with Crippen LogP contribution in [0.2, 0.25) is 0 Å². The maximum Gasteiger partial charge on any atom is 0.328 e. The fraction of sp³-hybridized carbons (Fsp3) is 0.444. The molecule has 98 valence electrons. The van der Waals surface area contributed by atoms with E-state index < -0.39 is 42.2 Å². The van der Waals surface area contributed by atoms with E-state index in [0.717, 1.165) is 0 Å². The normalized spacial score (nSPS) is 15.7. The molecule has 5 amide bonds. The predicted molar refractivity (Wildman–Crippen MR) is 54.8 cm³/mol. The second kappa shape index (κ2) is 5.75. The first-order chi connectivity index (χ1) is 8.45. The summed E-state index contributed by atoms with van der Waals surface area (Å²) in [7, 11) is 0. The number of ether oxygens (including phenoxy) is 1. The molecule has 0 unspecified atom stereocenters. The average Bonchev–Trinajstić information content (AvgIpc) is 2.25. The second-order valence-corrected chi connectivity index (χ2v) is 3.26. The summed E-state index contributed by atoms with van der Waals surface area (Å²) < 4.78 is 4.54. The highest BCUT2D eigenvalue weighted by Crippen LogP contribution is 2.01. The molecule has 0 aliphatic carbocycles. The van der Waals surface area contributed by atoms with Crippen LogP contribution in [0.25, 0.3) is 0 Å². The first kappa shape index (κ1) is 13.6. The zero-order valence-electron chi connectivity index (χ0n) is 9.44. The van der Waals surface area contributed by atoms with Gasteiger partial charge in [-0.3, -0.25) is 29.8 Å². The zero-order chi connectivity index (χ0) is 13.7. The summed E-state index contributed by atoms with van der Waals surface area (Å²) in [4.78, 5) is 55.7. The third-order valence-electron chi connectivity index (χ3n) is 1.97. The van der Waals surface area contributed by atoms with Crippen LogP contribution in [0.15, 0.2) is 0 Å². The first-order valence-corrected chi connectivity index (χ1v) is 5.04. The summed E-state index contributed by atoms with van der Waals surface area (Å²) >= 11 is 0. The molecule has 1 rings (SSSR count). The fourth-order valence-corrected chi connectivity index (χ4v) is 1.23. The first-order valence-electron chi connectivity index (χ1n) is 5.04. The number of urea groups is 1. The van der Waals surface area contributed by atoms with Gasteiger partial charge >= 0.3 is 12.0 Å². The molecule has 0 spiro atoms. The Balaban J connectivity index is 2.55. The molecule has 0 bridgehead atoms. The number of amides is 5. The fourth-order valence-electron chi connectivity index (χ4n) is 1.23. The van der Waals surface area contributed by atoms with E-state index in [1.807, 2.05) is 0 Å². The van der Waals surface area contributed by atoms with Crippen molar-refractivity contribution in [2.75, 3.05) is 13.2 Å². The summed E-state index contributed by atoms with van der Waals surface area (Å²) in [6.45, 7) is 1.28. The van der Waals surface area contributed by atoms with E-state index in [-0.39, 0.29) is 6.61 Å². The van der Waals surface area contributed by atoms with Gasteiger partial charge in [-0.2, -0.15) is 0 Å². The summed E-state index contributed by atoms with van der Waals surface area (Å²) in [5.74, 6) is -5.45. The van der Waals surface area contributed by atoms with Gasteiger partial charge in [0.25, 0.3) is 0 Å². The van der Waals surface area contributed by atoms with Crippen molar-refractivity contribution in [3.63, 3.8) is 0 Å². The molecule has 9 nitrogen and oxygen atoms in total. The number of imide groups is 2. The van der Waals surface area contributed by atoms with Crippen LogP contribution in [0, 0.1) is 5.92 Å². The molecule has 3 N–H and O–H groups in total. The van der Waals surface area contributed by atoms with Crippen LogP contribution in [-0.2, 0) is 23.9 Å². The van der Waals surface area contributed by atoms with Crippen LogP contribution >= 0.6 is 0 Å². The molecule has 1 saturated heterocycles. The molecule has 1 fully saturated rings. The Bertz CT molecular complexity index is 399. The van der Waals surface area contributed by atoms with Gasteiger partial charge in [-0.15, -0.1) is 0 Å². The van der Waals surface area contributed by atoms with E-state index in [1.165, 1.54) is 0 Å². The molecule has 1 aliphatic heterocycles. The third-order valence-corrected chi connectivity index (χ3v) is 1.97. The Morgan fingerprint density at radius 3 is 2.28 bits per heavy atom. The van der Waals surface area contributed by atoms with Crippen molar-refractivity contribution in [2.24, 2.45) is 5.92 Å². The van der Waals surface area contributed by atoms with Crippen LogP contribution in [-0.4, -0.2) is 42.9 Å². The van der Waals surface area contributed by atoms with Crippen LogP contribution in [0.3, 0.4) is 0 Å². The smallest absolute Gasteiger partial charge is 0.328 e. The largest absolute Gasteiger partial charge is 0.465 e. The minimum absolute atomic E-state index is 0.146. The minimum atomic E-state index is -1.70. The Morgan fingerprint density at radius 1 is 1.22 bits per heavy atom. The molecule has 1 heterocycles. The van der Waals surface area contributed by atoms with E-state index in [1.54, 1.807) is 17.6 Å². The van der Waals surface area contributed by atoms with Gasteiger partial charge in [0.1, 0.15) is 6.54 Å². The SMILES string of the molecule is CCOC(=O)CNC(=O)C1C(=O)NC(=O)NC1=O. The van der Waals surface area contributed by atoms with Gasteiger partial charge in [-0.05, 0) is 6.92 Å². The van der Waals surface area contributed by atoms with Crippen molar-refractivity contribution in [1.82, 2.24) is 16.0 Å². The van der Waals surface area contributed by atoms with Gasteiger partial charge in [0.15, 0.2) is 5.92 Å². The average molecular weight is 257 g/mol. The van der Waals surface area contributed by atoms with Crippen molar-refractivity contribution in [1.29, 1.82) is 0 Å². The molecule has 0 aromatic heterocycles. The minimum Gasteiger partial charge on any atom is -0.465 e. The van der Waals surface area contributed by atoms with E-state index >= 15 is 0 Å². The number of carbonyl (C=O) groups is 5. The monoisotopic (exact) mass is 257 g/mol. The zero-order valence-corrected chi connectivity index (χ0v) is 9.44. The van der Waals surface area contributed by atoms with Crippen LogP contribution in [0.5, 0.6) is 0 Å². The molecular formula is C9H11N3O6. The number of hydrogen-bond acceptors (Lipinski definition) is 6. The molecule has 9 heteroatoms. The summed E-state index contributed by atoms with van der Waals surface area (Å²) in [6, 6.07) is -0.987. The highest BCUT2D eigenvalue weighted by molar-refractivity contribution is 6.26. The van der Waals surface area contributed by atoms with E-state index in [4.69, 9.17) is 0 Å². The maximum absolute atomic E-state index is 11.5. The van der Waals surface area contributed by atoms with E-state index in [0.29, 0.717) is 0 Å². The third kappa shape index (κ3) is 3.27. The lowest BCUT2D eigenvalue weighted by molar-refractivity contribution is -0.147. The molecular weight excluding hydrogens is 246 g/mol. The van der Waals surface area contributed by atoms with Gasteiger partial charge in [0.2, 0.25) is 17.7 Å². The van der Waals surface area contributed by atoms with E-state index in [2.05, 4.69) is 10.1 Å². The number of rotatable bonds is 4. The second-order valence-electron chi connectivity index (χ2n) is 3.26. The Hall–Kier alpha value is -2.45. The lowest BCUT2D eigenvalue weighted by Crippen LogP contribution is -2.60. The number of carbonyl (C=O) groups excluding carboxylic acids is 5. The number of hydrogen-bond donors (Lipinski definition) is 3. The molecule has 1 aliphatic rings. The predicted octanol–water partition coefficient (Wildman–Crippen LogP) is -2.35. The van der Waals surface area contributed by atoms with Gasteiger partial charge in [-0.25, -0.2) is 4.79 Å². The number of nitrogens with one attached hydrogen (secondary N) is 3. The number of barbiturate groups is 1. The summed E-state index contributed by atoms with van der Waals surface area (Å²) in [6.07, 6.45) is 0. The summed E-state index contributed by atoms with van der Waals surface area (Å²) in [5.41, 5.74) is 0. The lowest BCUT2D eigenvalue weighted by atomic mass is 10.1. The van der Waals surface area contributed by atoms with Gasteiger partial charge in [-0.1, -0.05) is 0 Å². The van der Waals surface area contributed by atoms with Crippen LogP contribution in [0.1, 0.15) is 6.92 Å². The van der Waals surface area contributed by atoms with Crippen molar-refractivity contribution in [3.8, 4) is 0 Å². The van der Waals surface area contributed by atoms with Gasteiger partial charge in [0, 0.05) is 0 Å². The highest BCUT2D eigenvalue weighted by atomic mass is 16.5. The molecule has 18 heavy (non-hydrogen) atoms. The van der Waals surface area contributed by atoms with Crippen molar-refractivity contribution in [2.45, 2.75) is 6.92 Å². The maximum atomic E-state index is 11.5. The molecule has 0 aromatic rings. The standard InChI is InChI=1S/C9H11N3O6/c1-2-18-4(13)3-10-6(14)5-7(15)11-9(17)12-8(5)16/h5H,2-3H2,1H3,(H,10,14)(H2,11,12,15,16,17). The molecule has 0 atom stereocenters. The quantitative estimate of drug-likeness (QED) is 0.381. The topological polar surface area (TPSA) is 131 Å². The van der Waals surface area contributed by atoms with Crippen LogP contribution < -0.4 is 16.0 Å². The van der Waals surface area contributed by atoms with Crippen molar-refractivity contribution < 1.29 is 28.7 Å². The molecule has 0 saturated carbocycles. The molecule has 0 radical (unpaired) electrons. The highest BCUT2D eigenvalue weighted by Gasteiger charge is 2.39. The number of esters is 1. The Morgan fingerprint density at radius 2 is 1.78 bits per heavy atom. The Kier molecular flexibility index (Phi) is 4.35.